The summed E-state index contributed by atoms with van der Waals surface area (Å²) < 4.78 is 31.8. The van der Waals surface area contributed by atoms with Gasteiger partial charge in [0.05, 0.1) is 18.6 Å². The van der Waals surface area contributed by atoms with Crippen molar-refractivity contribution in [1.29, 1.82) is 0 Å². The molecule has 0 atom stereocenters. The highest BCUT2D eigenvalue weighted by molar-refractivity contribution is 7.99. The summed E-state index contributed by atoms with van der Waals surface area (Å²) in [7, 11) is -1.99. The average Bonchev–Trinajstić information content (AvgIpc) is 2.76. The summed E-state index contributed by atoms with van der Waals surface area (Å²) in [4.78, 5) is 0.217. The fourth-order valence-corrected chi connectivity index (χ4v) is 4.68. The molecule has 1 aromatic carbocycles. The highest BCUT2D eigenvalue weighted by atomic mass is 32.2. The fraction of sp³-hybridized carbons (Fsp3) is 0.538. The van der Waals surface area contributed by atoms with Crippen molar-refractivity contribution >= 4 is 21.8 Å². The second-order valence-corrected chi connectivity index (χ2v) is 7.66. The van der Waals surface area contributed by atoms with Crippen molar-refractivity contribution in [2.24, 2.45) is 0 Å². The smallest absolute Gasteiger partial charge is 0.243 e. The van der Waals surface area contributed by atoms with Gasteiger partial charge in [0.1, 0.15) is 5.75 Å². The molecule has 0 radical (unpaired) electrons. The zero-order valence-corrected chi connectivity index (χ0v) is 13.0. The normalized spacial score (nSPS) is 17.7. The van der Waals surface area contributed by atoms with Crippen LogP contribution in [-0.2, 0) is 16.6 Å². The minimum absolute atomic E-state index is 0.217. The fourth-order valence-electron chi connectivity index (χ4n) is 2.15. The lowest BCUT2D eigenvalue weighted by Gasteiger charge is -2.20. The highest BCUT2D eigenvalue weighted by Crippen LogP contribution is 2.25. The van der Waals surface area contributed by atoms with Crippen LogP contribution in [0.5, 0.6) is 5.75 Å². The molecule has 0 aliphatic carbocycles. The number of hydrogen-bond donors (Lipinski definition) is 1. The Bertz CT molecular complexity index is 551. The van der Waals surface area contributed by atoms with Gasteiger partial charge in [-0.1, -0.05) is 0 Å². The van der Waals surface area contributed by atoms with E-state index in [-0.39, 0.29) is 11.5 Å². The van der Waals surface area contributed by atoms with E-state index in [2.05, 4.69) is 0 Å². The third-order valence-electron chi connectivity index (χ3n) is 3.24. The number of aliphatic hydroxyl groups excluding tert-OH is 1. The molecule has 7 heteroatoms. The molecule has 0 spiro atoms. The average molecular weight is 317 g/mol. The second-order valence-electron chi connectivity index (χ2n) is 4.50. The molecule has 0 unspecified atom stereocenters. The van der Waals surface area contributed by atoms with Gasteiger partial charge in [-0.15, -0.1) is 0 Å². The number of rotatable bonds is 4. The Balaban J connectivity index is 2.33. The molecule has 1 N–H and O–H groups in total. The first-order valence-electron chi connectivity index (χ1n) is 6.45. The minimum Gasteiger partial charge on any atom is -0.496 e. The first-order chi connectivity index (χ1) is 9.59. The molecule has 0 aromatic heterocycles. The third-order valence-corrected chi connectivity index (χ3v) is 6.18. The molecule has 5 nitrogen and oxygen atoms in total. The molecule has 1 fully saturated rings. The third kappa shape index (κ3) is 3.28. The van der Waals surface area contributed by atoms with E-state index in [1.807, 2.05) is 0 Å². The summed E-state index contributed by atoms with van der Waals surface area (Å²) in [5.41, 5.74) is 0.484. The van der Waals surface area contributed by atoms with Gasteiger partial charge in [0.15, 0.2) is 0 Å². The number of thioether (sulfide) groups is 1. The molecule has 2 rings (SSSR count). The van der Waals surface area contributed by atoms with E-state index in [1.54, 1.807) is 17.8 Å². The summed E-state index contributed by atoms with van der Waals surface area (Å²) >= 11 is 1.78. The predicted molar refractivity (Wildman–Crippen MR) is 79.6 cm³/mol. The van der Waals surface area contributed by atoms with Gasteiger partial charge >= 0.3 is 0 Å². The van der Waals surface area contributed by atoms with Crippen LogP contribution < -0.4 is 4.74 Å². The maximum Gasteiger partial charge on any atom is 0.243 e. The van der Waals surface area contributed by atoms with Crippen LogP contribution in [0.25, 0.3) is 0 Å². The molecule has 1 aliphatic heterocycles. The summed E-state index contributed by atoms with van der Waals surface area (Å²) in [5, 5.41) is 9.30. The van der Waals surface area contributed by atoms with Crippen molar-refractivity contribution < 1.29 is 18.3 Å². The lowest BCUT2D eigenvalue weighted by atomic mass is 10.2. The van der Waals surface area contributed by atoms with Gasteiger partial charge in [0.2, 0.25) is 10.0 Å². The molecule has 1 aromatic rings. The van der Waals surface area contributed by atoms with Gasteiger partial charge in [-0.2, -0.15) is 16.1 Å². The number of sulfonamides is 1. The van der Waals surface area contributed by atoms with Gasteiger partial charge in [0, 0.05) is 24.4 Å². The molecular formula is C13H19NO4S2. The van der Waals surface area contributed by atoms with Crippen molar-refractivity contribution in [3.05, 3.63) is 23.8 Å². The number of hydrogen-bond acceptors (Lipinski definition) is 5. The van der Waals surface area contributed by atoms with Crippen LogP contribution in [0, 0.1) is 0 Å². The van der Waals surface area contributed by atoms with E-state index in [0.717, 1.165) is 17.9 Å². The highest BCUT2D eigenvalue weighted by Gasteiger charge is 2.25. The Morgan fingerprint density at radius 2 is 2.15 bits per heavy atom. The molecule has 0 saturated carbocycles. The van der Waals surface area contributed by atoms with E-state index >= 15 is 0 Å². The standard InChI is InChI=1S/C13H19NO4S2/c1-18-13-4-3-12(9-11(13)10-15)20(16,17)14-5-2-7-19-8-6-14/h3-4,9,15H,2,5-8,10H2,1H3. The van der Waals surface area contributed by atoms with Crippen molar-refractivity contribution in [3.8, 4) is 5.75 Å². The zero-order chi connectivity index (χ0) is 14.6. The van der Waals surface area contributed by atoms with Crippen LogP contribution in [0.4, 0.5) is 0 Å². The van der Waals surface area contributed by atoms with Crippen LogP contribution in [0.1, 0.15) is 12.0 Å². The molecule has 1 aliphatic rings. The molecule has 1 heterocycles. The van der Waals surface area contributed by atoms with Crippen LogP contribution in [-0.4, -0.2) is 49.5 Å². The topological polar surface area (TPSA) is 66.8 Å². The lowest BCUT2D eigenvalue weighted by molar-refractivity contribution is 0.273. The molecule has 1 saturated heterocycles. The quantitative estimate of drug-likeness (QED) is 0.907. The van der Waals surface area contributed by atoms with Crippen LogP contribution in [0.2, 0.25) is 0 Å². The summed E-state index contributed by atoms with van der Waals surface area (Å²) in [6.07, 6.45) is 0.868. The van der Waals surface area contributed by atoms with Crippen molar-refractivity contribution in [3.63, 3.8) is 0 Å². The van der Waals surface area contributed by atoms with E-state index in [9.17, 15) is 13.5 Å². The second kappa shape index (κ2) is 6.80. The van der Waals surface area contributed by atoms with E-state index in [0.29, 0.717) is 24.4 Å². The molecule has 20 heavy (non-hydrogen) atoms. The summed E-state index contributed by atoms with van der Waals surface area (Å²) in [6, 6.07) is 4.61. The van der Waals surface area contributed by atoms with E-state index in [1.165, 1.54) is 23.5 Å². The largest absolute Gasteiger partial charge is 0.496 e. The Morgan fingerprint density at radius 3 is 2.85 bits per heavy atom. The van der Waals surface area contributed by atoms with Gasteiger partial charge in [-0.05, 0) is 30.4 Å². The monoisotopic (exact) mass is 317 g/mol. The predicted octanol–water partition coefficient (Wildman–Crippen LogP) is 1.32. The molecular weight excluding hydrogens is 298 g/mol. The van der Waals surface area contributed by atoms with E-state index < -0.39 is 10.0 Å². The number of aliphatic hydroxyl groups is 1. The van der Waals surface area contributed by atoms with Crippen molar-refractivity contribution in [1.82, 2.24) is 4.31 Å². The van der Waals surface area contributed by atoms with Gasteiger partial charge in [0.25, 0.3) is 0 Å². The number of benzene rings is 1. The van der Waals surface area contributed by atoms with Crippen LogP contribution in [0.15, 0.2) is 23.1 Å². The van der Waals surface area contributed by atoms with Gasteiger partial charge in [-0.3, -0.25) is 0 Å². The Kier molecular flexibility index (Phi) is 5.31. The molecule has 0 bridgehead atoms. The molecule has 112 valence electrons. The maximum absolute atomic E-state index is 12.6. The van der Waals surface area contributed by atoms with Gasteiger partial charge in [-0.25, -0.2) is 8.42 Å². The first kappa shape index (κ1) is 15.6. The Morgan fingerprint density at radius 1 is 1.35 bits per heavy atom. The number of methoxy groups -OCH3 is 1. The number of nitrogens with zero attached hydrogens (tertiary/aromatic N) is 1. The zero-order valence-electron chi connectivity index (χ0n) is 11.4. The van der Waals surface area contributed by atoms with Crippen LogP contribution in [0.3, 0.4) is 0 Å². The lowest BCUT2D eigenvalue weighted by Crippen LogP contribution is -2.33. The van der Waals surface area contributed by atoms with Crippen molar-refractivity contribution in [2.45, 2.75) is 17.9 Å². The minimum atomic E-state index is -3.49. The SMILES string of the molecule is COc1ccc(S(=O)(=O)N2CCCSCC2)cc1CO. The van der Waals surface area contributed by atoms with Crippen molar-refractivity contribution in [2.75, 3.05) is 31.7 Å². The Hall–Kier alpha value is -0.760. The van der Waals surface area contributed by atoms with Gasteiger partial charge < -0.3 is 9.84 Å². The summed E-state index contributed by atoms with van der Waals surface area (Å²) in [6.45, 7) is 0.839. The van der Waals surface area contributed by atoms with Crippen LogP contribution >= 0.6 is 11.8 Å². The molecule has 0 amide bonds. The summed E-state index contributed by atoms with van der Waals surface area (Å²) in [5.74, 6) is 2.32. The maximum atomic E-state index is 12.6. The number of ether oxygens (including phenoxy) is 1. The first-order valence-corrected chi connectivity index (χ1v) is 9.04. The van der Waals surface area contributed by atoms with E-state index in [4.69, 9.17) is 4.74 Å². The Labute approximate surface area is 124 Å².